The van der Waals surface area contributed by atoms with Gasteiger partial charge in [-0.25, -0.2) is 0 Å². The average molecular weight is 508 g/mol. The topological polar surface area (TPSA) is 114 Å². The predicted octanol–water partition coefficient (Wildman–Crippen LogP) is 5.49. The van der Waals surface area contributed by atoms with Gasteiger partial charge >= 0.3 is 0 Å². The largest absolute Gasteiger partial charge is 0.493 e. The first-order valence-corrected chi connectivity index (χ1v) is 10.4. The molecule has 1 N–H and O–H groups in total. The molecule has 0 heterocycles. The van der Waals surface area contributed by atoms with E-state index in [1.54, 1.807) is 18.2 Å². The fraction of sp³-hybridized carbons (Fsp3) is 0.0833. The van der Waals surface area contributed by atoms with Crippen molar-refractivity contribution in [2.75, 3.05) is 12.4 Å². The average Bonchev–Trinajstić information content (AvgIpc) is 2.83. The van der Waals surface area contributed by atoms with E-state index in [1.807, 2.05) is 36.4 Å². The van der Waals surface area contributed by atoms with E-state index in [4.69, 9.17) is 9.47 Å². The minimum atomic E-state index is -0.658. The molecule has 0 aliphatic rings. The molecule has 0 saturated carbocycles. The third-order valence-corrected chi connectivity index (χ3v) is 5.17. The molecule has 0 aromatic heterocycles. The first-order valence-electron chi connectivity index (χ1n) is 9.63. The van der Waals surface area contributed by atoms with Crippen LogP contribution in [0.2, 0.25) is 0 Å². The summed E-state index contributed by atoms with van der Waals surface area (Å²) in [5, 5.41) is 23.0. The minimum Gasteiger partial charge on any atom is -0.493 e. The van der Waals surface area contributed by atoms with Crippen molar-refractivity contribution in [3.8, 4) is 17.6 Å². The van der Waals surface area contributed by atoms with Crippen molar-refractivity contribution in [2.45, 2.75) is 6.61 Å². The van der Waals surface area contributed by atoms with E-state index in [-0.39, 0.29) is 11.3 Å². The van der Waals surface area contributed by atoms with Crippen molar-refractivity contribution in [2.24, 2.45) is 0 Å². The number of non-ortho nitro benzene ring substituents is 1. The summed E-state index contributed by atoms with van der Waals surface area (Å²) >= 11 is 3.19. The Morgan fingerprint density at radius 1 is 1.15 bits per heavy atom. The Labute approximate surface area is 198 Å². The molecule has 33 heavy (non-hydrogen) atoms. The molecule has 3 aromatic rings. The molecule has 0 atom stereocenters. The van der Waals surface area contributed by atoms with E-state index < -0.39 is 10.8 Å². The number of anilines is 1. The maximum Gasteiger partial charge on any atom is 0.270 e. The number of carbonyl (C=O) groups is 1. The number of carbonyl (C=O) groups excluding carboxylic acids is 1. The van der Waals surface area contributed by atoms with Gasteiger partial charge in [0.05, 0.1) is 17.7 Å². The van der Waals surface area contributed by atoms with Crippen LogP contribution in [0.25, 0.3) is 6.08 Å². The van der Waals surface area contributed by atoms with Crippen LogP contribution in [0.3, 0.4) is 0 Å². The van der Waals surface area contributed by atoms with Crippen LogP contribution in [0.5, 0.6) is 11.5 Å². The fourth-order valence-electron chi connectivity index (χ4n) is 2.86. The fourth-order valence-corrected chi connectivity index (χ4v) is 3.32. The quantitative estimate of drug-likeness (QED) is 0.186. The van der Waals surface area contributed by atoms with Gasteiger partial charge in [0.15, 0.2) is 11.5 Å². The Hall–Kier alpha value is -4.16. The number of methoxy groups -OCH3 is 1. The number of nitrogens with one attached hydrogen (secondary N) is 1. The lowest BCUT2D eigenvalue weighted by atomic mass is 10.1. The number of nitro groups is 1. The zero-order valence-electron chi connectivity index (χ0n) is 17.4. The molecule has 9 heteroatoms. The number of hydrogen-bond acceptors (Lipinski definition) is 6. The number of rotatable bonds is 8. The summed E-state index contributed by atoms with van der Waals surface area (Å²) < 4.78 is 11.5. The molecule has 8 nitrogen and oxygen atoms in total. The number of nitrogens with zero attached hydrogens (tertiary/aromatic N) is 2. The van der Waals surface area contributed by atoms with Gasteiger partial charge in [-0.15, -0.1) is 0 Å². The zero-order valence-corrected chi connectivity index (χ0v) is 19.0. The van der Waals surface area contributed by atoms with E-state index in [1.165, 1.54) is 31.4 Å². The summed E-state index contributed by atoms with van der Waals surface area (Å²) in [6.45, 7) is 0.324. The number of amides is 1. The summed E-state index contributed by atoms with van der Waals surface area (Å²) in [6, 6.07) is 20.5. The number of halogens is 1. The molecule has 0 unspecified atom stereocenters. The van der Waals surface area contributed by atoms with Gasteiger partial charge in [-0.3, -0.25) is 14.9 Å². The summed E-state index contributed by atoms with van der Waals surface area (Å²) in [6.07, 6.45) is 1.42. The third-order valence-electron chi connectivity index (χ3n) is 4.51. The maximum atomic E-state index is 12.6. The lowest BCUT2D eigenvalue weighted by Crippen LogP contribution is -2.14. The van der Waals surface area contributed by atoms with Crippen LogP contribution in [0.15, 0.2) is 76.8 Å². The van der Waals surface area contributed by atoms with Gasteiger partial charge in [0.1, 0.15) is 18.2 Å². The normalized spacial score (nSPS) is 10.8. The van der Waals surface area contributed by atoms with Gasteiger partial charge in [0, 0.05) is 16.6 Å². The highest BCUT2D eigenvalue weighted by Crippen LogP contribution is 2.30. The van der Waals surface area contributed by atoms with Crippen molar-refractivity contribution >= 4 is 39.3 Å². The molecule has 3 aromatic carbocycles. The van der Waals surface area contributed by atoms with Crippen LogP contribution in [-0.2, 0) is 11.4 Å². The summed E-state index contributed by atoms with van der Waals surface area (Å²) in [5.41, 5.74) is 1.56. The number of nitro benzene ring substituents is 1. The molecule has 0 aliphatic heterocycles. The molecule has 1 amide bonds. The Balaban J connectivity index is 1.80. The SMILES string of the molecule is COc1ccc(/C=C(\C#N)C(=O)Nc2ccc([N+](=O)[O-])cc2Br)cc1OCc1ccccc1. The van der Waals surface area contributed by atoms with Crippen molar-refractivity contribution in [3.05, 3.63) is 98.0 Å². The highest BCUT2D eigenvalue weighted by atomic mass is 79.9. The Bertz CT molecular complexity index is 1250. The van der Waals surface area contributed by atoms with E-state index in [0.29, 0.717) is 33.8 Å². The van der Waals surface area contributed by atoms with Gasteiger partial charge in [-0.1, -0.05) is 36.4 Å². The van der Waals surface area contributed by atoms with E-state index in [0.717, 1.165) is 5.56 Å². The summed E-state index contributed by atoms with van der Waals surface area (Å²) in [5.74, 6) is 0.321. The number of ether oxygens (including phenoxy) is 2. The molecule has 0 saturated heterocycles. The molecule has 0 aliphatic carbocycles. The second kappa shape index (κ2) is 10.9. The predicted molar refractivity (Wildman–Crippen MR) is 127 cm³/mol. The molecule has 0 bridgehead atoms. The van der Waals surface area contributed by atoms with E-state index >= 15 is 0 Å². The Morgan fingerprint density at radius 3 is 2.55 bits per heavy atom. The van der Waals surface area contributed by atoms with Crippen molar-refractivity contribution in [1.82, 2.24) is 0 Å². The molecule has 166 valence electrons. The van der Waals surface area contributed by atoms with Crippen molar-refractivity contribution in [1.29, 1.82) is 5.26 Å². The molecule has 0 fully saturated rings. The van der Waals surface area contributed by atoms with Crippen LogP contribution >= 0.6 is 15.9 Å². The number of benzene rings is 3. The lowest BCUT2D eigenvalue weighted by molar-refractivity contribution is -0.384. The van der Waals surface area contributed by atoms with Crippen molar-refractivity contribution < 1.29 is 19.2 Å². The lowest BCUT2D eigenvalue weighted by Gasteiger charge is -2.12. The van der Waals surface area contributed by atoms with Crippen LogP contribution in [0.4, 0.5) is 11.4 Å². The molecule has 0 radical (unpaired) electrons. The zero-order chi connectivity index (χ0) is 23.8. The molecular weight excluding hydrogens is 490 g/mol. The van der Waals surface area contributed by atoms with Gasteiger partial charge < -0.3 is 14.8 Å². The first-order chi connectivity index (χ1) is 15.9. The summed E-state index contributed by atoms with van der Waals surface area (Å²) in [4.78, 5) is 23.0. The summed E-state index contributed by atoms with van der Waals surface area (Å²) in [7, 11) is 1.52. The molecule has 0 spiro atoms. The van der Waals surface area contributed by atoms with Crippen LogP contribution in [-0.4, -0.2) is 17.9 Å². The number of nitriles is 1. The van der Waals surface area contributed by atoms with Crippen LogP contribution in [0, 0.1) is 21.4 Å². The molecular formula is C24H18BrN3O5. The van der Waals surface area contributed by atoms with Gasteiger partial charge in [0.2, 0.25) is 0 Å². The number of hydrogen-bond donors (Lipinski definition) is 1. The highest BCUT2D eigenvalue weighted by molar-refractivity contribution is 9.10. The third kappa shape index (κ3) is 6.18. The van der Waals surface area contributed by atoms with Crippen molar-refractivity contribution in [3.63, 3.8) is 0 Å². The standard InChI is InChI=1S/C24H18BrN3O5/c1-32-22-10-7-17(12-23(22)33-15-16-5-3-2-4-6-16)11-18(14-26)24(29)27-21-9-8-19(28(30)31)13-20(21)25/h2-13H,15H2,1H3,(H,27,29)/b18-11+. The van der Waals surface area contributed by atoms with Gasteiger partial charge in [-0.05, 0) is 51.3 Å². The second-order valence-corrected chi connectivity index (χ2v) is 7.58. The van der Waals surface area contributed by atoms with E-state index in [9.17, 15) is 20.2 Å². The minimum absolute atomic E-state index is 0.128. The van der Waals surface area contributed by atoms with Gasteiger partial charge in [0.25, 0.3) is 11.6 Å². The smallest absolute Gasteiger partial charge is 0.270 e. The van der Waals surface area contributed by atoms with E-state index in [2.05, 4.69) is 21.2 Å². The molecule has 3 rings (SSSR count). The second-order valence-electron chi connectivity index (χ2n) is 6.73. The van der Waals surface area contributed by atoms with Crippen LogP contribution in [0.1, 0.15) is 11.1 Å². The van der Waals surface area contributed by atoms with Gasteiger partial charge in [-0.2, -0.15) is 5.26 Å². The first kappa shape index (κ1) is 23.5. The Morgan fingerprint density at radius 2 is 1.91 bits per heavy atom. The Kier molecular flexibility index (Phi) is 7.78. The maximum absolute atomic E-state index is 12.6. The van der Waals surface area contributed by atoms with Crippen LogP contribution < -0.4 is 14.8 Å². The highest BCUT2D eigenvalue weighted by Gasteiger charge is 2.15. The monoisotopic (exact) mass is 507 g/mol.